The lowest BCUT2D eigenvalue weighted by atomic mass is 10.3. The van der Waals surface area contributed by atoms with E-state index in [0.29, 0.717) is 25.9 Å². The zero-order valence-corrected chi connectivity index (χ0v) is 18.0. The predicted octanol–water partition coefficient (Wildman–Crippen LogP) is 2.69. The summed E-state index contributed by atoms with van der Waals surface area (Å²) in [6.07, 6.45) is 0.871. The number of hydrogen-bond acceptors (Lipinski definition) is 8. The molecular formula is C18H24N6O2S2. The fourth-order valence-electron chi connectivity index (χ4n) is 2.50. The van der Waals surface area contributed by atoms with Gasteiger partial charge in [-0.3, -0.25) is 9.59 Å². The van der Waals surface area contributed by atoms with Crippen LogP contribution in [0.25, 0.3) is 20.4 Å². The van der Waals surface area contributed by atoms with Gasteiger partial charge in [-0.1, -0.05) is 22.7 Å². The number of amides is 2. The van der Waals surface area contributed by atoms with E-state index >= 15 is 0 Å². The zero-order valence-electron chi connectivity index (χ0n) is 16.4. The molecule has 2 aromatic heterocycles. The van der Waals surface area contributed by atoms with Crippen LogP contribution in [-0.4, -0.2) is 72.9 Å². The molecule has 0 saturated heterocycles. The third-order valence-electron chi connectivity index (χ3n) is 4.13. The van der Waals surface area contributed by atoms with Crippen LogP contribution in [0.15, 0.2) is 12.1 Å². The number of nitrogens with zero attached hydrogens (tertiary/aromatic N) is 4. The second-order valence-corrected chi connectivity index (χ2v) is 8.82. The molecule has 0 atom stereocenters. The molecule has 1 aromatic carbocycles. The number of rotatable bonds is 8. The predicted molar refractivity (Wildman–Crippen MR) is 116 cm³/mol. The largest absolute Gasteiger partial charge is 0.361 e. The maximum absolute atomic E-state index is 11.6. The highest BCUT2D eigenvalue weighted by atomic mass is 32.1. The zero-order chi connectivity index (χ0) is 20.3. The quantitative estimate of drug-likeness (QED) is 0.582. The van der Waals surface area contributed by atoms with Gasteiger partial charge in [0.25, 0.3) is 0 Å². The lowest BCUT2D eigenvalue weighted by molar-refractivity contribution is -0.129. The Kier molecular flexibility index (Phi) is 6.30. The van der Waals surface area contributed by atoms with Gasteiger partial charge in [-0.05, 0) is 12.1 Å². The van der Waals surface area contributed by atoms with Gasteiger partial charge in [-0.2, -0.15) is 0 Å². The molecule has 3 rings (SSSR count). The molecule has 0 fully saturated rings. The third kappa shape index (κ3) is 4.87. The topological polar surface area (TPSA) is 90.5 Å². The highest BCUT2D eigenvalue weighted by molar-refractivity contribution is 7.24. The minimum atomic E-state index is 0.0886. The maximum Gasteiger partial charge on any atom is 0.223 e. The summed E-state index contributed by atoms with van der Waals surface area (Å²) in [4.78, 5) is 35.6. The number of benzene rings is 1. The first-order valence-electron chi connectivity index (χ1n) is 8.92. The number of carbonyl (C=O) groups is 2. The van der Waals surface area contributed by atoms with E-state index in [0.717, 1.165) is 30.7 Å². The van der Waals surface area contributed by atoms with Gasteiger partial charge >= 0.3 is 0 Å². The SMILES string of the molecule is CN(C)C(=O)CCNc1nc2cc3nc(NCCC(=O)N(C)C)sc3cc2s1. The Morgan fingerprint density at radius 1 is 0.821 bits per heavy atom. The van der Waals surface area contributed by atoms with Crippen molar-refractivity contribution in [3.8, 4) is 0 Å². The normalized spacial score (nSPS) is 11.0. The standard InChI is InChI=1S/C18H24N6O2S2/c1-23(2)15(25)5-7-19-17-21-11-9-12-14(10-13(11)27-17)28-18(22-12)20-8-6-16(26)24(3)4/h9-10H,5-8H2,1-4H3,(H,19,21)(H,20,22). The number of hydrogen-bond donors (Lipinski definition) is 2. The summed E-state index contributed by atoms with van der Waals surface area (Å²) >= 11 is 3.14. The van der Waals surface area contributed by atoms with E-state index in [4.69, 9.17) is 0 Å². The number of aromatic nitrogens is 2. The van der Waals surface area contributed by atoms with E-state index in [2.05, 4.69) is 26.7 Å². The Hall–Kier alpha value is -2.46. The molecule has 3 aromatic rings. The van der Waals surface area contributed by atoms with Crippen LogP contribution in [0, 0.1) is 0 Å². The van der Waals surface area contributed by atoms with Gasteiger partial charge in [0.2, 0.25) is 11.8 Å². The van der Waals surface area contributed by atoms with Crippen molar-refractivity contribution in [1.29, 1.82) is 0 Å². The van der Waals surface area contributed by atoms with Gasteiger partial charge in [0.15, 0.2) is 10.3 Å². The van der Waals surface area contributed by atoms with Crippen molar-refractivity contribution in [2.45, 2.75) is 12.8 Å². The van der Waals surface area contributed by atoms with E-state index in [1.54, 1.807) is 60.7 Å². The van der Waals surface area contributed by atoms with E-state index in [1.807, 2.05) is 6.07 Å². The summed E-state index contributed by atoms with van der Waals surface area (Å²) in [5.74, 6) is 0.177. The summed E-state index contributed by atoms with van der Waals surface area (Å²) < 4.78 is 2.15. The average Bonchev–Trinajstić information content (AvgIpc) is 3.20. The second kappa shape index (κ2) is 8.70. The summed E-state index contributed by atoms with van der Waals surface area (Å²) in [6, 6.07) is 4.07. The molecule has 0 unspecified atom stereocenters. The van der Waals surface area contributed by atoms with Crippen molar-refractivity contribution in [1.82, 2.24) is 19.8 Å². The molecule has 0 aliphatic heterocycles. The van der Waals surface area contributed by atoms with Crippen molar-refractivity contribution in [2.24, 2.45) is 0 Å². The van der Waals surface area contributed by atoms with E-state index in [1.165, 1.54) is 0 Å². The van der Waals surface area contributed by atoms with E-state index in [-0.39, 0.29) is 11.8 Å². The molecule has 8 nitrogen and oxygen atoms in total. The smallest absolute Gasteiger partial charge is 0.223 e. The van der Waals surface area contributed by atoms with Crippen LogP contribution in [0.2, 0.25) is 0 Å². The maximum atomic E-state index is 11.6. The Morgan fingerprint density at radius 2 is 1.25 bits per heavy atom. The molecule has 0 aliphatic carbocycles. The number of carbonyl (C=O) groups excluding carboxylic acids is 2. The van der Waals surface area contributed by atoms with Crippen LogP contribution >= 0.6 is 22.7 Å². The molecule has 10 heteroatoms. The lowest BCUT2D eigenvalue weighted by Crippen LogP contribution is -2.23. The second-order valence-electron chi connectivity index (χ2n) is 6.76. The number of nitrogens with one attached hydrogen (secondary N) is 2. The first-order chi connectivity index (χ1) is 13.3. The first kappa shape index (κ1) is 20.3. The van der Waals surface area contributed by atoms with Crippen LogP contribution in [0.5, 0.6) is 0 Å². The van der Waals surface area contributed by atoms with Crippen LogP contribution < -0.4 is 10.6 Å². The highest BCUT2D eigenvalue weighted by Gasteiger charge is 2.11. The Labute approximate surface area is 171 Å². The Balaban J connectivity index is 1.64. The van der Waals surface area contributed by atoms with Gasteiger partial charge in [0.05, 0.1) is 20.4 Å². The average molecular weight is 421 g/mol. The van der Waals surface area contributed by atoms with E-state index in [9.17, 15) is 9.59 Å². The lowest BCUT2D eigenvalue weighted by Gasteiger charge is -2.09. The number of anilines is 2. The molecule has 0 bridgehead atoms. The molecule has 2 heterocycles. The molecule has 0 aliphatic rings. The summed E-state index contributed by atoms with van der Waals surface area (Å²) in [6.45, 7) is 1.12. The van der Waals surface area contributed by atoms with Crippen molar-refractivity contribution >= 4 is 65.2 Å². The van der Waals surface area contributed by atoms with Gasteiger partial charge in [0, 0.05) is 54.1 Å². The molecular weight excluding hydrogens is 396 g/mol. The van der Waals surface area contributed by atoms with Gasteiger partial charge < -0.3 is 20.4 Å². The van der Waals surface area contributed by atoms with Gasteiger partial charge in [0.1, 0.15) is 0 Å². The molecule has 28 heavy (non-hydrogen) atoms. The Bertz CT molecular complexity index is 868. The minimum absolute atomic E-state index is 0.0886. The van der Waals surface area contributed by atoms with Crippen LogP contribution in [0.4, 0.5) is 10.3 Å². The van der Waals surface area contributed by atoms with Crippen LogP contribution in [0.3, 0.4) is 0 Å². The van der Waals surface area contributed by atoms with Crippen molar-refractivity contribution in [3.63, 3.8) is 0 Å². The number of thiazole rings is 2. The van der Waals surface area contributed by atoms with Gasteiger partial charge in [-0.15, -0.1) is 0 Å². The first-order valence-corrected chi connectivity index (χ1v) is 10.6. The molecule has 0 radical (unpaired) electrons. The van der Waals surface area contributed by atoms with Crippen molar-refractivity contribution in [2.75, 3.05) is 51.9 Å². The van der Waals surface area contributed by atoms with Crippen LogP contribution in [0.1, 0.15) is 12.8 Å². The molecule has 0 spiro atoms. The molecule has 0 saturated carbocycles. The fourth-order valence-corrected chi connectivity index (χ4v) is 4.40. The molecule has 150 valence electrons. The minimum Gasteiger partial charge on any atom is -0.361 e. The highest BCUT2D eigenvalue weighted by Crippen LogP contribution is 2.33. The van der Waals surface area contributed by atoms with Crippen LogP contribution in [-0.2, 0) is 9.59 Å². The van der Waals surface area contributed by atoms with Crippen molar-refractivity contribution in [3.05, 3.63) is 12.1 Å². The fraction of sp³-hybridized carbons (Fsp3) is 0.444. The third-order valence-corrected chi connectivity index (χ3v) is 6.08. The van der Waals surface area contributed by atoms with Crippen molar-refractivity contribution < 1.29 is 9.59 Å². The summed E-state index contributed by atoms with van der Waals surface area (Å²) in [5, 5.41) is 8.05. The summed E-state index contributed by atoms with van der Waals surface area (Å²) in [5.41, 5.74) is 1.78. The number of fused-ring (bicyclic) bond motifs is 2. The molecule has 2 amide bonds. The monoisotopic (exact) mass is 420 g/mol. The molecule has 2 N–H and O–H groups in total. The Morgan fingerprint density at radius 3 is 1.64 bits per heavy atom. The van der Waals surface area contributed by atoms with Gasteiger partial charge in [-0.25, -0.2) is 9.97 Å². The summed E-state index contributed by atoms with van der Waals surface area (Å²) in [7, 11) is 7.01. The van der Waals surface area contributed by atoms with E-state index < -0.39 is 0 Å².